The van der Waals surface area contributed by atoms with E-state index in [1.165, 1.54) is 24.4 Å². The van der Waals surface area contributed by atoms with Crippen molar-refractivity contribution in [2.24, 2.45) is 0 Å². The summed E-state index contributed by atoms with van der Waals surface area (Å²) in [6.07, 6.45) is 1.41. The number of sulfonamides is 1. The molecule has 0 fully saturated rings. The first-order valence-electron chi connectivity index (χ1n) is 5.24. The molecule has 0 saturated heterocycles. The van der Waals surface area contributed by atoms with Crippen LogP contribution in [0.3, 0.4) is 0 Å². The SMILES string of the molecule is Cc1ccc(S(=O)(=O)N(O)c2ccccn2)cc1. The number of pyridine rings is 1. The Kier molecular flexibility index (Phi) is 3.31. The summed E-state index contributed by atoms with van der Waals surface area (Å²) in [7, 11) is -3.98. The van der Waals surface area contributed by atoms with Crippen LogP contribution in [-0.4, -0.2) is 18.6 Å². The van der Waals surface area contributed by atoms with Gasteiger partial charge < -0.3 is 0 Å². The fourth-order valence-electron chi connectivity index (χ4n) is 1.40. The molecule has 0 atom stereocenters. The van der Waals surface area contributed by atoms with Crippen LogP contribution >= 0.6 is 0 Å². The Morgan fingerprint density at radius 2 is 1.78 bits per heavy atom. The van der Waals surface area contributed by atoms with Crippen molar-refractivity contribution in [3.05, 3.63) is 54.2 Å². The van der Waals surface area contributed by atoms with Gasteiger partial charge in [0.05, 0.1) is 4.90 Å². The standard InChI is InChI=1S/C12H12N2O3S/c1-10-5-7-11(8-6-10)18(16,17)14(15)12-4-2-3-9-13-12/h2-9,15H,1H3. The molecule has 5 nitrogen and oxygen atoms in total. The summed E-state index contributed by atoms with van der Waals surface area (Å²) in [4.78, 5) is 3.80. The predicted octanol–water partition coefficient (Wildman–Crippen LogP) is 1.97. The Morgan fingerprint density at radius 1 is 1.11 bits per heavy atom. The molecule has 0 radical (unpaired) electrons. The summed E-state index contributed by atoms with van der Waals surface area (Å²) >= 11 is 0. The number of hydrogen-bond donors (Lipinski definition) is 1. The van der Waals surface area contributed by atoms with Crippen LogP contribution in [0.25, 0.3) is 0 Å². The van der Waals surface area contributed by atoms with Gasteiger partial charge in [-0.2, -0.15) is 8.42 Å². The molecule has 0 saturated carbocycles. The zero-order chi connectivity index (χ0) is 13.2. The molecular formula is C12H12N2O3S. The number of hydrogen-bond acceptors (Lipinski definition) is 4. The molecule has 0 aliphatic carbocycles. The van der Waals surface area contributed by atoms with Crippen molar-refractivity contribution in [1.29, 1.82) is 0 Å². The third-order valence-corrected chi connectivity index (χ3v) is 3.90. The Hall–Kier alpha value is -1.92. The lowest BCUT2D eigenvalue weighted by Gasteiger charge is -2.15. The van der Waals surface area contributed by atoms with Crippen molar-refractivity contribution in [3.63, 3.8) is 0 Å². The number of aryl methyl sites for hydroxylation is 1. The van der Waals surface area contributed by atoms with Crippen LogP contribution in [-0.2, 0) is 10.0 Å². The van der Waals surface area contributed by atoms with Crippen LogP contribution < -0.4 is 4.47 Å². The Labute approximate surface area is 105 Å². The fourth-order valence-corrected chi connectivity index (χ4v) is 2.43. The van der Waals surface area contributed by atoms with Crippen LogP contribution in [0.5, 0.6) is 0 Å². The predicted molar refractivity (Wildman–Crippen MR) is 66.9 cm³/mol. The number of rotatable bonds is 3. The van der Waals surface area contributed by atoms with Crippen molar-refractivity contribution in [2.75, 3.05) is 4.47 Å². The van der Waals surface area contributed by atoms with Gasteiger partial charge in [-0.3, -0.25) is 5.21 Å². The molecule has 1 aromatic heterocycles. The maximum atomic E-state index is 12.1. The molecule has 94 valence electrons. The second-order valence-corrected chi connectivity index (χ2v) is 5.52. The lowest BCUT2D eigenvalue weighted by molar-refractivity contribution is 0.313. The molecule has 0 aliphatic heterocycles. The first kappa shape index (κ1) is 12.5. The summed E-state index contributed by atoms with van der Waals surface area (Å²) in [5.74, 6) is -0.0434. The molecule has 1 heterocycles. The highest BCUT2D eigenvalue weighted by Crippen LogP contribution is 2.19. The van der Waals surface area contributed by atoms with Crippen LogP contribution in [0, 0.1) is 6.92 Å². The van der Waals surface area contributed by atoms with E-state index in [1.54, 1.807) is 24.3 Å². The van der Waals surface area contributed by atoms with Gasteiger partial charge in [-0.15, -0.1) is 4.47 Å². The summed E-state index contributed by atoms with van der Waals surface area (Å²) in [5, 5.41) is 9.75. The summed E-state index contributed by atoms with van der Waals surface area (Å²) in [6, 6.07) is 10.9. The molecule has 1 N–H and O–H groups in total. The van der Waals surface area contributed by atoms with Gasteiger partial charge >= 0.3 is 0 Å². The molecule has 0 unspecified atom stereocenters. The molecule has 6 heteroatoms. The van der Waals surface area contributed by atoms with Gasteiger partial charge in [0.15, 0.2) is 5.82 Å². The summed E-state index contributed by atoms with van der Waals surface area (Å²) < 4.78 is 24.3. The van der Waals surface area contributed by atoms with Crippen molar-refractivity contribution in [3.8, 4) is 0 Å². The lowest BCUT2D eigenvalue weighted by Crippen LogP contribution is -2.27. The third kappa shape index (κ3) is 2.34. The van der Waals surface area contributed by atoms with Crippen LogP contribution in [0.15, 0.2) is 53.6 Å². The number of benzene rings is 1. The maximum Gasteiger partial charge on any atom is 0.287 e. The van der Waals surface area contributed by atoms with Gasteiger partial charge in [-0.05, 0) is 31.2 Å². The monoisotopic (exact) mass is 264 g/mol. The van der Waals surface area contributed by atoms with Crippen LogP contribution in [0.2, 0.25) is 0 Å². The smallest absolute Gasteiger partial charge is 0.272 e. The second-order valence-electron chi connectivity index (χ2n) is 3.75. The largest absolute Gasteiger partial charge is 0.287 e. The van der Waals surface area contributed by atoms with Gasteiger partial charge in [0.1, 0.15) is 0 Å². The van der Waals surface area contributed by atoms with Crippen molar-refractivity contribution < 1.29 is 13.6 Å². The molecule has 18 heavy (non-hydrogen) atoms. The van der Waals surface area contributed by atoms with E-state index in [0.29, 0.717) is 0 Å². The molecule has 0 spiro atoms. The highest BCUT2D eigenvalue weighted by atomic mass is 32.2. The number of aromatic nitrogens is 1. The molecule has 0 aliphatic rings. The molecule has 2 aromatic rings. The Balaban J connectivity index is 2.40. The zero-order valence-electron chi connectivity index (χ0n) is 9.69. The minimum atomic E-state index is -3.98. The molecule has 0 bridgehead atoms. The van der Waals surface area contributed by atoms with Crippen molar-refractivity contribution in [2.45, 2.75) is 11.8 Å². The van der Waals surface area contributed by atoms with E-state index in [1.807, 2.05) is 6.92 Å². The van der Waals surface area contributed by atoms with E-state index in [-0.39, 0.29) is 15.2 Å². The zero-order valence-corrected chi connectivity index (χ0v) is 10.5. The van der Waals surface area contributed by atoms with Gasteiger partial charge in [0.25, 0.3) is 10.0 Å². The van der Waals surface area contributed by atoms with Crippen molar-refractivity contribution in [1.82, 2.24) is 4.98 Å². The topological polar surface area (TPSA) is 70.5 Å². The lowest BCUT2D eigenvalue weighted by atomic mass is 10.2. The minimum Gasteiger partial charge on any atom is -0.272 e. The van der Waals surface area contributed by atoms with Gasteiger partial charge in [0.2, 0.25) is 0 Å². The highest BCUT2D eigenvalue weighted by Gasteiger charge is 2.23. The average molecular weight is 264 g/mol. The fraction of sp³-hybridized carbons (Fsp3) is 0.0833. The molecule has 2 rings (SSSR count). The average Bonchev–Trinajstić information content (AvgIpc) is 2.39. The van der Waals surface area contributed by atoms with Gasteiger partial charge in [-0.25, -0.2) is 4.98 Å². The third-order valence-electron chi connectivity index (χ3n) is 2.39. The first-order valence-corrected chi connectivity index (χ1v) is 6.68. The van der Waals surface area contributed by atoms with E-state index in [4.69, 9.17) is 0 Å². The van der Waals surface area contributed by atoms with Gasteiger partial charge in [0, 0.05) is 6.20 Å². The first-order chi connectivity index (χ1) is 8.51. The minimum absolute atomic E-state index is 0.0150. The summed E-state index contributed by atoms with van der Waals surface area (Å²) in [5.41, 5.74) is 0.941. The highest BCUT2D eigenvalue weighted by molar-refractivity contribution is 7.92. The van der Waals surface area contributed by atoms with Crippen LogP contribution in [0.4, 0.5) is 5.82 Å². The maximum absolute atomic E-state index is 12.1. The number of nitrogens with zero attached hydrogens (tertiary/aromatic N) is 2. The van der Waals surface area contributed by atoms with E-state index < -0.39 is 10.0 Å². The van der Waals surface area contributed by atoms with Crippen LogP contribution in [0.1, 0.15) is 5.56 Å². The molecule has 0 amide bonds. The van der Waals surface area contributed by atoms with Gasteiger partial charge in [-0.1, -0.05) is 23.8 Å². The van der Waals surface area contributed by atoms with Crippen molar-refractivity contribution >= 4 is 15.8 Å². The Bertz CT molecular complexity index is 624. The number of anilines is 1. The van der Waals surface area contributed by atoms with E-state index >= 15 is 0 Å². The van der Waals surface area contributed by atoms with E-state index in [0.717, 1.165) is 5.56 Å². The van der Waals surface area contributed by atoms with E-state index in [9.17, 15) is 13.6 Å². The quantitative estimate of drug-likeness (QED) is 0.860. The molecule has 1 aromatic carbocycles. The second kappa shape index (κ2) is 4.75. The normalized spacial score (nSPS) is 11.2. The summed E-state index contributed by atoms with van der Waals surface area (Å²) in [6.45, 7) is 1.85. The Morgan fingerprint density at radius 3 is 2.33 bits per heavy atom. The van der Waals surface area contributed by atoms with E-state index in [2.05, 4.69) is 4.98 Å². The molecular weight excluding hydrogens is 252 g/mol.